The summed E-state index contributed by atoms with van der Waals surface area (Å²) in [5.74, 6) is -1.62. The topological polar surface area (TPSA) is 98.6 Å². The summed E-state index contributed by atoms with van der Waals surface area (Å²) in [5, 5.41) is 10.8. The van der Waals surface area contributed by atoms with Crippen molar-refractivity contribution in [3.8, 4) is 0 Å². The molecule has 0 saturated carbocycles. The first-order valence-electron chi connectivity index (χ1n) is 7.80. The number of aromatic nitrogens is 1. The van der Waals surface area contributed by atoms with Crippen LogP contribution in [0, 0.1) is 15.9 Å². The molecule has 3 aromatic rings. The lowest BCUT2D eigenvalue weighted by Gasteiger charge is -2.17. The Morgan fingerprint density at radius 3 is 2.85 bits per heavy atom. The number of nitrogens with zero attached hydrogens (tertiary/aromatic N) is 3. The average molecular weight is 357 g/mol. The quantitative estimate of drug-likeness (QED) is 0.529. The highest BCUT2D eigenvalue weighted by atomic mass is 19.1. The number of hydrogen-bond donors (Lipinski definition) is 0. The van der Waals surface area contributed by atoms with Crippen LogP contribution < -0.4 is 10.7 Å². The van der Waals surface area contributed by atoms with E-state index in [4.69, 9.17) is 4.42 Å². The van der Waals surface area contributed by atoms with Crippen molar-refractivity contribution in [1.29, 1.82) is 0 Å². The van der Waals surface area contributed by atoms with Crippen molar-refractivity contribution < 1.29 is 18.5 Å². The van der Waals surface area contributed by atoms with Gasteiger partial charge in [0.25, 0.3) is 5.69 Å². The fraction of sp³-hybridized carbons (Fsp3) is 0.176. The largest absolute Gasteiger partial charge is 0.420 e. The molecule has 1 aromatic heterocycles. The Balaban J connectivity index is 1.67. The second kappa shape index (κ2) is 5.80. The Bertz CT molecular complexity index is 1120. The number of non-ortho nitro benzene ring substituents is 1. The molecule has 4 rings (SSSR count). The van der Waals surface area contributed by atoms with Crippen molar-refractivity contribution in [3.63, 3.8) is 0 Å². The molecule has 1 aliphatic rings. The lowest BCUT2D eigenvalue weighted by atomic mass is 10.2. The summed E-state index contributed by atoms with van der Waals surface area (Å²) < 4.78 is 19.6. The number of halogens is 1. The van der Waals surface area contributed by atoms with Crippen LogP contribution in [0.5, 0.6) is 0 Å². The van der Waals surface area contributed by atoms with Gasteiger partial charge in [0.1, 0.15) is 12.4 Å². The molecule has 0 fully saturated rings. The minimum atomic E-state index is -0.785. The van der Waals surface area contributed by atoms with Crippen LogP contribution >= 0.6 is 0 Å². The minimum Gasteiger partial charge on any atom is -0.407 e. The predicted molar refractivity (Wildman–Crippen MR) is 89.6 cm³/mol. The minimum absolute atomic E-state index is 0.0323. The summed E-state index contributed by atoms with van der Waals surface area (Å²) in [6.07, 6.45) is 0.606. The molecule has 0 saturated heterocycles. The molecule has 1 amide bonds. The normalized spacial score (nSPS) is 13.2. The Morgan fingerprint density at radius 1 is 1.27 bits per heavy atom. The highest BCUT2D eigenvalue weighted by Gasteiger charge is 2.26. The Morgan fingerprint density at radius 2 is 2.08 bits per heavy atom. The summed E-state index contributed by atoms with van der Waals surface area (Å²) in [6.45, 7) is 0.0905. The second-order valence-electron chi connectivity index (χ2n) is 5.93. The number of nitro groups is 1. The Hall–Kier alpha value is -3.49. The van der Waals surface area contributed by atoms with E-state index in [9.17, 15) is 24.1 Å². The van der Waals surface area contributed by atoms with Crippen LogP contribution in [0.15, 0.2) is 45.6 Å². The van der Waals surface area contributed by atoms with E-state index in [1.807, 2.05) is 0 Å². The molecule has 2 heterocycles. The van der Waals surface area contributed by atoms with Crippen molar-refractivity contribution in [2.75, 3.05) is 11.4 Å². The third-order valence-corrected chi connectivity index (χ3v) is 4.40. The van der Waals surface area contributed by atoms with Crippen LogP contribution in [-0.4, -0.2) is 21.9 Å². The third-order valence-electron chi connectivity index (χ3n) is 4.40. The van der Waals surface area contributed by atoms with Gasteiger partial charge in [-0.15, -0.1) is 0 Å². The molecule has 2 aromatic carbocycles. The monoisotopic (exact) mass is 357 g/mol. The zero-order valence-corrected chi connectivity index (χ0v) is 13.3. The number of nitro benzene ring substituents is 1. The second-order valence-corrected chi connectivity index (χ2v) is 5.93. The number of oxazole rings is 1. The van der Waals surface area contributed by atoms with E-state index in [2.05, 4.69) is 0 Å². The van der Waals surface area contributed by atoms with Crippen LogP contribution in [0.4, 0.5) is 15.8 Å². The zero-order valence-electron chi connectivity index (χ0n) is 13.3. The highest BCUT2D eigenvalue weighted by Crippen LogP contribution is 2.29. The lowest BCUT2D eigenvalue weighted by Crippen LogP contribution is -2.34. The third kappa shape index (κ3) is 2.53. The molecular weight excluding hydrogens is 345 g/mol. The van der Waals surface area contributed by atoms with Crippen LogP contribution in [0.3, 0.4) is 0 Å². The van der Waals surface area contributed by atoms with Gasteiger partial charge in [-0.1, -0.05) is 6.07 Å². The molecule has 0 unspecified atom stereocenters. The van der Waals surface area contributed by atoms with E-state index >= 15 is 0 Å². The maximum atomic E-state index is 13.5. The molecule has 0 spiro atoms. The van der Waals surface area contributed by atoms with Crippen LogP contribution in [0.2, 0.25) is 0 Å². The summed E-state index contributed by atoms with van der Waals surface area (Å²) >= 11 is 0. The Labute approximate surface area is 145 Å². The summed E-state index contributed by atoms with van der Waals surface area (Å²) in [5.41, 5.74) is 1.46. The molecule has 8 nitrogen and oxygen atoms in total. The predicted octanol–water partition coefficient (Wildman–Crippen LogP) is 2.23. The van der Waals surface area contributed by atoms with Gasteiger partial charge in [-0.3, -0.25) is 19.5 Å². The van der Waals surface area contributed by atoms with Crippen molar-refractivity contribution in [1.82, 2.24) is 4.57 Å². The van der Waals surface area contributed by atoms with Gasteiger partial charge < -0.3 is 9.32 Å². The van der Waals surface area contributed by atoms with Crippen molar-refractivity contribution in [2.24, 2.45) is 0 Å². The van der Waals surface area contributed by atoms with Gasteiger partial charge >= 0.3 is 5.76 Å². The molecule has 0 aliphatic carbocycles. The summed E-state index contributed by atoms with van der Waals surface area (Å²) in [7, 11) is 0. The maximum Gasteiger partial charge on any atom is 0.420 e. The number of carbonyl (C=O) groups excluding carboxylic acids is 1. The average Bonchev–Trinajstić information content (AvgIpc) is 3.15. The fourth-order valence-corrected chi connectivity index (χ4v) is 3.15. The maximum absolute atomic E-state index is 13.5. The number of rotatable bonds is 3. The number of anilines is 1. The number of carbonyl (C=O) groups is 1. The molecule has 132 valence electrons. The van der Waals surface area contributed by atoms with Gasteiger partial charge in [-0.25, -0.2) is 9.18 Å². The number of benzene rings is 2. The molecule has 0 bridgehead atoms. The zero-order chi connectivity index (χ0) is 18.4. The van der Waals surface area contributed by atoms with Crippen LogP contribution in [0.1, 0.15) is 5.56 Å². The number of amides is 1. The van der Waals surface area contributed by atoms with Gasteiger partial charge in [0.05, 0.1) is 16.5 Å². The molecule has 9 heteroatoms. The van der Waals surface area contributed by atoms with Gasteiger partial charge in [0.2, 0.25) is 5.91 Å². The first-order valence-corrected chi connectivity index (χ1v) is 7.80. The fourth-order valence-electron chi connectivity index (χ4n) is 3.15. The first kappa shape index (κ1) is 16.0. The summed E-state index contributed by atoms with van der Waals surface area (Å²) in [6, 6.07) is 8.00. The van der Waals surface area contributed by atoms with Gasteiger partial charge in [0.15, 0.2) is 5.58 Å². The van der Waals surface area contributed by atoms with Crippen LogP contribution in [-0.2, 0) is 17.8 Å². The van der Waals surface area contributed by atoms with Crippen molar-refractivity contribution in [2.45, 2.75) is 13.0 Å². The van der Waals surface area contributed by atoms with Gasteiger partial charge in [-0.2, -0.15) is 0 Å². The van der Waals surface area contributed by atoms with E-state index in [0.29, 0.717) is 18.7 Å². The van der Waals surface area contributed by atoms with E-state index < -0.39 is 22.4 Å². The van der Waals surface area contributed by atoms with Crippen LogP contribution in [0.25, 0.3) is 11.1 Å². The van der Waals surface area contributed by atoms with E-state index in [-0.39, 0.29) is 23.3 Å². The lowest BCUT2D eigenvalue weighted by molar-refractivity contribution is -0.384. The van der Waals surface area contributed by atoms with Crippen molar-refractivity contribution in [3.05, 3.63) is 68.4 Å². The van der Waals surface area contributed by atoms with E-state index in [1.165, 1.54) is 29.2 Å². The van der Waals surface area contributed by atoms with Gasteiger partial charge in [-0.05, 0) is 30.2 Å². The Kier molecular flexibility index (Phi) is 3.57. The molecule has 26 heavy (non-hydrogen) atoms. The van der Waals surface area contributed by atoms with E-state index in [1.54, 1.807) is 6.07 Å². The van der Waals surface area contributed by atoms with E-state index in [0.717, 1.165) is 16.2 Å². The highest BCUT2D eigenvalue weighted by molar-refractivity contribution is 5.96. The van der Waals surface area contributed by atoms with Gasteiger partial charge in [0, 0.05) is 18.3 Å². The SMILES string of the molecule is O=C(Cn1c(=O)oc2cc([N+](=O)[O-])ccc21)N1CCc2ccc(F)cc21. The molecule has 0 atom stereocenters. The molecular formula is C17H12FN3O5. The number of fused-ring (bicyclic) bond motifs is 2. The molecule has 0 N–H and O–H groups in total. The standard InChI is InChI=1S/C17H12FN3O5/c18-11-2-1-10-5-6-19(14(10)7-11)16(22)9-20-13-4-3-12(21(24)25)8-15(13)26-17(20)23/h1-4,7-8H,5-6,9H2. The smallest absolute Gasteiger partial charge is 0.407 e. The molecule has 0 radical (unpaired) electrons. The van der Waals surface area contributed by atoms with Crippen molar-refractivity contribution >= 4 is 28.4 Å². The number of hydrogen-bond acceptors (Lipinski definition) is 5. The molecule has 1 aliphatic heterocycles. The first-order chi connectivity index (χ1) is 12.4. The summed E-state index contributed by atoms with van der Waals surface area (Å²) in [4.78, 5) is 36.4.